The zero-order valence-corrected chi connectivity index (χ0v) is 8.14. The fraction of sp³-hybridized carbons (Fsp3) is 0. The summed E-state index contributed by atoms with van der Waals surface area (Å²) in [4.78, 5) is 1.05. The van der Waals surface area contributed by atoms with Gasteiger partial charge in [-0.3, -0.25) is 0 Å². The summed E-state index contributed by atoms with van der Waals surface area (Å²) in [6.45, 7) is 0. The van der Waals surface area contributed by atoms with Gasteiger partial charge in [0.15, 0.2) is 0 Å². The second-order valence-corrected chi connectivity index (χ2v) is 4.66. The Hall–Kier alpha value is -0.250. The predicted octanol–water partition coefficient (Wildman–Crippen LogP) is 3.27. The van der Waals surface area contributed by atoms with Crippen LogP contribution in [0.25, 0.3) is 6.08 Å². The standard InChI is InChI=1S/C8H7BrOS/c9-7-2-1-3-8-6(7)4-5-11(8)10/h1-5,10-11H. The van der Waals surface area contributed by atoms with Crippen molar-refractivity contribution in [3.63, 3.8) is 0 Å². The third-order valence-electron chi connectivity index (χ3n) is 1.66. The molecule has 1 heterocycles. The van der Waals surface area contributed by atoms with E-state index < -0.39 is 11.2 Å². The van der Waals surface area contributed by atoms with E-state index in [0.717, 1.165) is 14.9 Å². The Bertz CT molecular complexity index is 322. The van der Waals surface area contributed by atoms with Gasteiger partial charge in [0.25, 0.3) is 0 Å². The zero-order valence-electron chi connectivity index (χ0n) is 5.66. The van der Waals surface area contributed by atoms with Crippen molar-refractivity contribution in [1.82, 2.24) is 0 Å². The van der Waals surface area contributed by atoms with Crippen molar-refractivity contribution < 1.29 is 4.55 Å². The number of halogens is 1. The molecule has 0 amide bonds. The smallest absolute Gasteiger partial charge is 0.0259 e. The highest BCUT2D eigenvalue weighted by molar-refractivity contribution is 9.10. The number of hydrogen-bond donors (Lipinski definition) is 2. The fourth-order valence-electron chi connectivity index (χ4n) is 1.12. The van der Waals surface area contributed by atoms with Gasteiger partial charge in [-0.05, 0) is 23.6 Å². The van der Waals surface area contributed by atoms with Crippen LogP contribution in [0, 0.1) is 0 Å². The van der Waals surface area contributed by atoms with Gasteiger partial charge in [0.2, 0.25) is 0 Å². The van der Waals surface area contributed by atoms with Crippen LogP contribution in [0.3, 0.4) is 0 Å². The number of hydrogen-bond acceptors (Lipinski definition) is 1. The molecule has 0 radical (unpaired) electrons. The molecule has 1 aliphatic rings. The highest BCUT2D eigenvalue weighted by Crippen LogP contribution is 2.44. The second-order valence-electron chi connectivity index (χ2n) is 2.33. The average Bonchev–Trinajstić information content (AvgIpc) is 2.35. The minimum Gasteiger partial charge on any atom is -0.346 e. The average molecular weight is 231 g/mol. The molecule has 1 nitrogen and oxygen atoms in total. The molecule has 11 heavy (non-hydrogen) atoms. The largest absolute Gasteiger partial charge is 0.346 e. The Morgan fingerprint density at radius 2 is 2.18 bits per heavy atom. The van der Waals surface area contributed by atoms with Crippen molar-refractivity contribution in [3.05, 3.63) is 33.6 Å². The molecule has 0 spiro atoms. The second kappa shape index (κ2) is 2.66. The monoisotopic (exact) mass is 230 g/mol. The van der Waals surface area contributed by atoms with Gasteiger partial charge in [-0.2, -0.15) is 0 Å². The van der Waals surface area contributed by atoms with Gasteiger partial charge >= 0.3 is 0 Å². The normalized spacial score (nSPS) is 23.6. The Balaban J connectivity index is 2.65. The summed E-state index contributed by atoms with van der Waals surface area (Å²) in [5, 5.41) is 1.85. The summed E-state index contributed by atoms with van der Waals surface area (Å²) < 4.78 is 10.5. The van der Waals surface area contributed by atoms with E-state index in [2.05, 4.69) is 15.9 Å². The summed E-state index contributed by atoms with van der Waals surface area (Å²) in [5.41, 5.74) is 1.13. The summed E-state index contributed by atoms with van der Waals surface area (Å²) in [6.07, 6.45) is 1.96. The quantitative estimate of drug-likeness (QED) is 0.656. The molecule has 0 saturated heterocycles. The molecule has 58 valence electrons. The summed E-state index contributed by atoms with van der Waals surface area (Å²) in [7, 11) is 0. The molecule has 3 heteroatoms. The maximum atomic E-state index is 9.46. The molecule has 1 aliphatic heterocycles. The molecule has 1 unspecified atom stereocenters. The highest BCUT2D eigenvalue weighted by atomic mass is 79.9. The Labute approximate surface area is 76.4 Å². The first-order valence-corrected chi connectivity index (χ1v) is 5.39. The molecule has 0 aromatic heterocycles. The molecular formula is C8H7BrOS. The summed E-state index contributed by atoms with van der Waals surface area (Å²) >= 11 is 2.42. The SMILES string of the molecule is O[SH]1C=Cc2c(Br)cccc21. The van der Waals surface area contributed by atoms with Crippen molar-refractivity contribution in [3.8, 4) is 0 Å². The molecule has 1 aromatic carbocycles. The Morgan fingerprint density at radius 1 is 1.36 bits per heavy atom. The summed E-state index contributed by atoms with van der Waals surface area (Å²) in [5.74, 6) is 0. The van der Waals surface area contributed by atoms with Crippen molar-refractivity contribution in [2.75, 3.05) is 0 Å². The van der Waals surface area contributed by atoms with Gasteiger partial charge in [-0.1, -0.05) is 22.0 Å². The molecule has 1 N–H and O–H groups in total. The van der Waals surface area contributed by atoms with Crippen molar-refractivity contribution in [2.24, 2.45) is 0 Å². The van der Waals surface area contributed by atoms with Crippen LogP contribution in [0.4, 0.5) is 0 Å². The van der Waals surface area contributed by atoms with Gasteiger partial charge < -0.3 is 4.55 Å². The van der Waals surface area contributed by atoms with E-state index in [9.17, 15) is 4.55 Å². The lowest BCUT2D eigenvalue weighted by atomic mass is 10.2. The molecule has 0 saturated carbocycles. The van der Waals surface area contributed by atoms with Crippen molar-refractivity contribution >= 4 is 33.2 Å². The molecule has 1 aromatic rings. The molecule has 0 bridgehead atoms. The van der Waals surface area contributed by atoms with E-state index in [1.54, 1.807) is 0 Å². The number of benzene rings is 1. The summed E-state index contributed by atoms with van der Waals surface area (Å²) in [6, 6.07) is 5.89. The van der Waals surface area contributed by atoms with Crippen LogP contribution < -0.4 is 0 Å². The van der Waals surface area contributed by atoms with E-state index in [4.69, 9.17) is 0 Å². The van der Waals surface area contributed by atoms with E-state index in [1.807, 2.05) is 29.7 Å². The predicted molar refractivity (Wildman–Crippen MR) is 53.1 cm³/mol. The van der Waals surface area contributed by atoms with Crippen molar-refractivity contribution in [1.29, 1.82) is 0 Å². The zero-order chi connectivity index (χ0) is 7.84. The number of thiol groups is 1. The maximum Gasteiger partial charge on any atom is 0.0259 e. The Morgan fingerprint density at radius 3 is 2.91 bits per heavy atom. The number of rotatable bonds is 0. The highest BCUT2D eigenvalue weighted by Gasteiger charge is 2.12. The molecule has 0 fully saturated rings. The van der Waals surface area contributed by atoms with Crippen LogP contribution in [0.1, 0.15) is 5.56 Å². The topological polar surface area (TPSA) is 20.2 Å². The Kier molecular flexibility index (Phi) is 1.79. The lowest BCUT2D eigenvalue weighted by molar-refractivity contribution is 0.655. The van der Waals surface area contributed by atoms with Crippen molar-refractivity contribution in [2.45, 2.75) is 4.90 Å². The molecule has 0 aliphatic carbocycles. The minimum atomic E-state index is -1.01. The van der Waals surface area contributed by atoms with Crippen LogP contribution in [-0.2, 0) is 0 Å². The van der Waals surface area contributed by atoms with Gasteiger partial charge in [0.05, 0.1) is 0 Å². The van der Waals surface area contributed by atoms with Crippen LogP contribution in [0.5, 0.6) is 0 Å². The fourth-order valence-corrected chi connectivity index (χ4v) is 2.90. The van der Waals surface area contributed by atoms with E-state index in [0.29, 0.717) is 0 Å². The van der Waals surface area contributed by atoms with Gasteiger partial charge in [0.1, 0.15) is 0 Å². The third-order valence-corrected chi connectivity index (χ3v) is 3.67. The van der Waals surface area contributed by atoms with E-state index >= 15 is 0 Å². The van der Waals surface area contributed by atoms with Gasteiger partial charge in [0, 0.05) is 14.9 Å². The third kappa shape index (κ3) is 1.13. The van der Waals surface area contributed by atoms with Crippen LogP contribution in [-0.4, -0.2) is 4.55 Å². The lowest BCUT2D eigenvalue weighted by Crippen LogP contribution is -1.78. The first-order valence-electron chi connectivity index (χ1n) is 3.24. The maximum absolute atomic E-state index is 9.46. The van der Waals surface area contributed by atoms with E-state index in [1.165, 1.54) is 0 Å². The first-order chi connectivity index (χ1) is 5.29. The molecular weight excluding hydrogens is 224 g/mol. The van der Waals surface area contributed by atoms with Gasteiger partial charge in [-0.15, -0.1) is 11.2 Å². The minimum absolute atomic E-state index is 1.01. The number of fused-ring (bicyclic) bond motifs is 1. The van der Waals surface area contributed by atoms with Gasteiger partial charge in [-0.25, -0.2) is 0 Å². The van der Waals surface area contributed by atoms with Crippen LogP contribution >= 0.6 is 27.1 Å². The van der Waals surface area contributed by atoms with E-state index in [-0.39, 0.29) is 0 Å². The molecule has 2 rings (SSSR count). The first kappa shape index (κ1) is 7.40. The van der Waals surface area contributed by atoms with Crippen LogP contribution in [0.15, 0.2) is 33.0 Å². The van der Waals surface area contributed by atoms with Crippen LogP contribution in [0.2, 0.25) is 0 Å². The molecule has 1 atom stereocenters. The lowest BCUT2D eigenvalue weighted by Gasteiger charge is -2.06.